The average Bonchev–Trinajstić information content (AvgIpc) is 2.80. The van der Waals surface area contributed by atoms with Crippen LogP contribution >= 0.6 is 0 Å². The van der Waals surface area contributed by atoms with Crippen LogP contribution in [-0.2, 0) is 0 Å². The maximum Gasteiger partial charge on any atom is 0.123 e. The molecule has 0 aliphatic carbocycles. The fraction of sp³-hybridized carbons (Fsp3) is 0.190. The highest BCUT2D eigenvalue weighted by Crippen LogP contribution is 2.22. The number of aliphatic imine (C=N–C) groups is 1. The largest absolute Gasteiger partial charge is 0.318 e. The number of halogens is 1. The summed E-state index contributed by atoms with van der Waals surface area (Å²) >= 11 is 0. The Morgan fingerprint density at radius 3 is 2.12 bits per heavy atom. The summed E-state index contributed by atoms with van der Waals surface area (Å²) in [7, 11) is 0. The minimum atomic E-state index is -0.248. The van der Waals surface area contributed by atoms with Crippen LogP contribution in [0.5, 0.6) is 0 Å². The Labute approximate surface area is 142 Å². The number of benzene rings is 2. The fourth-order valence-corrected chi connectivity index (χ4v) is 3.07. The van der Waals surface area contributed by atoms with Crippen LogP contribution in [0.3, 0.4) is 0 Å². The van der Waals surface area contributed by atoms with Gasteiger partial charge < -0.3 is 4.57 Å². The van der Waals surface area contributed by atoms with Gasteiger partial charge in [0.15, 0.2) is 0 Å². The first kappa shape index (κ1) is 16.2. The average molecular weight is 320 g/mol. The van der Waals surface area contributed by atoms with E-state index in [9.17, 15) is 4.39 Å². The first-order chi connectivity index (χ1) is 11.4. The Hall–Kier alpha value is -2.68. The molecule has 0 spiro atoms. The molecule has 24 heavy (non-hydrogen) atoms. The highest BCUT2D eigenvalue weighted by Gasteiger charge is 2.10. The standard InChI is InChI=1S/C21H21FN2/c1-14-9-15(2)11-21(10-14)24-16(3)12-18(17(24)4)13-23-20-7-5-19(22)6-8-20/h5-13H,1-4H3. The number of aryl methyl sites for hydroxylation is 3. The lowest BCUT2D eigenvalue weighted by Crippen LogP contribution is -2.00. The Morgan fingerprint density at radius 2 is 1.50 bits per heavy atom. The second-order valence-corrected chi connectivity index (χ2v) is 6.24. The number of hydrogen-bond donors (Lipinski definition) is 0. The van der Waals surface area contributed by atoms with Gasteiger partial charge in [-0.25, -0.2) is 4.39 Å². The molecule has 0 atom stereocenters. The Bertz CT molecular complexity index is 882. The molecule has 1 aromatic heterocycles. The highest BCUT2D eigenvalue weighted by molar-refractivity contribution is 5.84. The van der Waals surface area contributed by atoms with Crippen molar-refractivity contribution >= 4 is 11.9 Å². The van der Waals surface area contributed by atoms with Crippen molar-refractivity contribution in [1.29, 1.82) is 0 Å². The molecule has 0 amide bonds. The summed E-state index contributed by atoms with van der Waals surface area (Å²) in [4.78, 5) is 4.46. The Morgan fingerprint density at radius 1 is 0.875 bits per heavy atom. The molecular formula is C21H21FN2. The van der Waals surface area contributed by atoms with Crippen molar-refractivity contribution in [3.05, 3.63) is 82.4 Å². The molecule has 3 rings (SSSR count). The van der Waals surface area contributed by atoms with E-state index in [1.165, 1.54) is 28.9 Å². The van der Waals surface area contributed by atoms with Gasteiger partial charge in [0.25, 0.3) is 0 Å². The first-order valence-electron chi connectivity index (χ1n) is 8.01. The second kappa shape index (κ2) is 6.44. The van der Waals surface area contributed by atoms with E-state index in [-0.39, 0.29) is 5.82 Å². The molecule has 122 valence electrons. The van der Waals surface area contributed by atoms with Gasteiger partial charge in [-0.3, -0.25) is 4.99 Å². The predicted octanol–water partition coefficient (Wildman–Crippen LogP) is 5.60. The van der Waals surface area contributed by atoms with Crippen molar-refractivity contribution in [2.75, 3.05) is 0 Å². The van der Waals surface area contributed by atoms with E-state index in [4.69, 9.17) is 0 Å². The van der Waals surface area contributed by atoms with Crippen LogP contribution in [0.15, 0.2) is 53.5 Å². The number of hydrogen-bond acceptors (Lipinski definition) is 1. The molecule has 0 unspecified atom stereocenters. The van der Waals surface area contributed by atoms with E-state index in [2.05, 4.69) is 61.5 Å². The van der Waals surface area contributed by atoms with Crippen molar-refractivity contribution in [3.8, 4) is 5.69 Å². The molecule has 0 aliphatic heterocycles. The van der Waals surface area contributed by atoms with Crippen LogP contribution < -0.4 is 0 Å². The summed E-state index contributed by atoms with van der Waals surface area (Å²) < 4.78 is 15.2. The lowest BCUT2D eigenvalue weighted by atomic mass is 10.1. The second-order valence-electron chi connectivity index (χ2n) is 6.24. The Balaban J connectivity index is 1.98. The minimum absolute atomic E-state index is 0.248. The predicted molar refractivity (Wildman–Crippen MR) is 98.4 cm³/mol. The monoisotopic (exact) mass is 320 g/mol. The summed E-state index contributed by atoms with van der Waals surface area (Å²) in [6, 6.07) is 14.9. The van der Waals surface area contributed by atoms with Crippen molar-refractivity contribution in [2.24, 2.45) is 4.99 Å². The molecule has 3 heteroatoms. The quantitative estimate of drug-likeness (QED) is 0.559. The summed E-state index contributed by atoms with van der Waals surface area (Å²) in [5.41, 5.74) is 7.78. The number of nitrogens with zero attached hydrogens (tertiary/aromatic N) is 2. The van der Waals surface area contributed by atoms with Crippen LogP contribution in [0.1, 0.15) is 28.1 Å². The highest BCUT2D eigenvalue weighted by atomic mass is 19.1. The van der Waals surface area contributed by atoms with Gasteiger partial charge in [-0.2, -0.15) is 0 Å². The fourth-order valence-electron chi connectivity index (χ4n) is 3.07. The zero-order valence-corrected chi connectivity index (χ0v) is 14.5. The van der Waals surface area contributed by atoms with E-state index >= 15 is 0 Å². The van der Waals surface area contributed by atoms with Gasteiger partial charge in [-0.15, -0.1) is 0 Å². The molecule has 0 fully saturated rings. The molecule has 0 saturated carbocycles. The van der Waals surface area contributed by atoms with Crippen molar-refractivity contribution in [2.45, 2.75) is 27.7 Å². The zero-order valence-electron chi connectivity index (χ0n) is 14.5. The first-order valence-corrected chi connectivity index (χ1v) is 8.01. The molecule has 0 bridgehead atoms. The molecule has 0 aliphatic rings. The maximum absolute atomic E-state index is 13.0. The van der Waals surface area contributed by atoms with E-state index < -0.39 is 0 Å². The normalized spacial score (nSPS) is 11.4. The lowest BCUT2D eigenvalue weighted by molar-refractivity contribution is 0.628. The summed E-state index contributed by atoms with van der Waals surface area (Å²) in [5, 5.41) is 0. The van der Waals surface area contributed by atoms with Crippen LogP contribution in [-0.4, -0.2) is 10.8 Å². The third kappa shape index (κ3) is 3.30. The molecular weight excluding hydrogens is 299 g/mol. The number of rotatable bonds is 3. The van der Waals surface area contributed by atoms with E-state index in [1.54, 1.807) is 12.1 Å². The van der Waals surface area contributed by atoms with Crippen LogP contribution in [0.2, 0.25) is 0 Å². The van der Waals surface area contributed by atoms with E-state index in [0.717, 1.165) is 22.6 Å². The minimum Gasteiger partial charge on any atom is -0.318 e. The third-order valence-electron chi connectivity index (χ3n) is 4.11. The van der Waals surface area contributed by atoms with Crippen molar-refractivity contribution in [1.82, 2.24) is 4.57 Å². The van der Waals surface area contributed by atoms with Crippen LogP contribution in [0, 0.1) is 33.5 Å². The molecule has 1 heterocycles. The van der Waals surface area contributed by atoms with E-state index in [1.807, 2.05) is 6.21 Å². The van der Waals surface area contributed by atoms with Gasteiger partial charge in [-0.05, 0) is 81.3 Å². The zero-order chi connectivity index (χ0) is 17.3. The van der Waals surface area contributed by atoms with E-state index in [0.29, 0.717) is 0 Å². The van der Waals surface area contributed by atoms with Gasteiger partial charge in [0.2, 0.25) is 0 Å². The number of aromatic nitrogens is 1. The molecule has 0 saturated heterocycles. The van der Waals surface area contributed by atoms with Crippen molar-refractivity contribution < 1.29 is 4.39 Å². The van der Waals surface area contributed by atoms with Gasteiger partial charge >= 0.3 is 0 Å². The van der Waals surface area contributed by atoms with Crippen LogP contribution in [0.4, 0.5) is 10.1 Å². The van der Waals surface area contributed by atoms with Gasteiger partial charge in [0.05, 0.1) is 5.69 Å². The van der Waals surface area contributed by atoms with Crippen LogP contribution in [0.25, 0.3) is 5.69 Å². The summed E-state index contributed by atoms with van der Waals surface area (Å²) in [5.74, 6) is -0.248. The SMILES string of the molecule is Cc1cc(C)cc(-n2c(C)cc(C=Nc3ccc(F)cc3)c2C)c1. The lowest BCUT2D eigenvalue weighted by Gasteiger charge is -2.11. The van der Waals surface area contributed by atoms with Crippen molar-refractivity contribution in [3.63, 3.8) is 0 Å². The molecule has 0 radical (unpaired) electrons. The topological polar surface area (TPSA) is 17.3 Å². The van der Waals surface area contributed by atoms with Gasteiger partial charge in [0.1, 0.15) is 5.82 Å². The Kier molecular flexibility index (Phi) is 4.34. The molecule has 2 nitrogen and oxygen atoms in total. The smallest absolute Gasteiger partial charge is 0.123 e. The molecule has 3 aromatic rings. The summed E-state index contributed by atoms with van der Waals surface area (Å²) in [6.07, 6.45) is 1.84. The maximum atomic E-state index is 13.0. The van der Waals surface area contributed by atoms with Gasteiger partial charge in [0, 0.05) is 28.9 Å². The third-order valence-corrected chi connectivity index (χ3v) is 4.11. The summed E-state index contributed by atoms with van der Waals surface area (Å²) in [6.45, 7) is 8.42. The molecule has 0 N–H and O–H groups in total. The van der Waals surface area contributed by atoms with Gasteiger partial charge in [-0.1, -0.05) is 6.07 Å². The molecule has 2 aromatic carbocycles.